The zero-order chi connectivity index (χ0) is 10.6. The van der Waals surface area contributed by atoms with Gasteiger partial charge in [-0.25, -0.2) is 0 Å². The Balaban J connectivity index is 3.06. The van der Waals surface area contributed by atoms with Crippen LogP contribution >= 0.6 is 15.9 Å². The Morgan fingerprint density at radius 3 is 2.79 bits per heavy atom. The quantitative estimate of drug-likeness (QED) is 0.612. The number of allylic oxidation sites excluding steroid dienone is 2. The summed E-state index contributed by atoms with van der Waals surface area (Å²) in [6.07, 6.45) is 3.25. The van der Waals surface area contributed by atoms with Crippen LogP contribution in [0.5, 0.6) is 5.75 Å². The van der Waals surface area contributed by atoms with E-state index < -0.39 is 0 Å². The molecule has 1 aromatic carbocycles. The molecule has 0 heterocycles. The Morgan fingerprint density at radius 1 is 1.50 bits per heavy atom. The van der Waals surface area contributed by atoms with E-state index in [1.807, 2.05) is 6.92 Å². The van der Waals surface area contributed by atoms with E-state index in [-0.39, 0.29) is 5.78 Å². The van der Waals surface area contributed by atoms with Gasteiger partial charge in [0, 0.05) is 5.56 Å². The summed E-state index contributed by atoms with van der Waals surface area (Å²) in [6.45, 7) is 1.81. The van der Waals surface area contributed by atoms with Crippen LogP contribution in [0.3, 0.4) is 0 Å². The van der Waals surface area contributed by atoms with Gasteiger partial charge in [-0.15, -0.1) is 0 Å². The van der Waals surface area contributed by atoms with Crippen molar-refractivity contribution in [1.82, 2.24) is 0 Å². The predicted octanol–water partition coefficient (Wildman–Crippen LogP) is 3.22. The fourth-order valence-corrected chi connectivity index (χ4v) is 1.47. The van der Waals surface area contributed by atoms with Crippen LogP contribution in [0.2, 0.25) is 0 Å². The lowest BCUT2D eigenvalue weighted by molar-refractivity contribution is 0.104. The van der Waals surface area contributed by atoms with E-state index in [2.05, 4.69) is 15.9 Å². The number of ether oxygens (including phenoxy) is 1. The van der Waals surface area contributed by atoms with E-state index in [1.54, 1.807) is 31.4 Å². The summed E-state index contributed by atoms with van der Waals surface area (Å²) in [6, 6.07) is 5.27. The lowest BCUT2D eigenvalue weighted by Crippen LogP contribution is -1.95. The number of carbonyl (C=O) groups excluding carboxylic acids is 1. The van der Waals surface area contributed by atoms with Crippen molar-refractivity contribution in [3.63, 3.8) is 0 Å². The molecule has 14 heavy (non-hydrogen) atoms. The van der Waals surface area contributed by atoms with Gasteiger partial charge in [-0.2, -0.15) is 0 Å². The molecule has 0 radical (unpaired) electrons. The summed E-state index contributed by atoms with van der Waals surface area (Å²) in [7, 11) is 1.57. The first-order valence-electron chi connectivity index (χ1n) is 4.19. The summed E-state index contributed by atoms with van der Waals surface area (Å²) in [5.41, 5.74) is 0.628. The highest BCUT2D eigenvalue weighted by Gasteiger charge is 2.05. The molecular formula is C11H11BrO2. The van der Waals surface area contributed by atoms with Gasteiger partial charge in [-0.1, -0.05) is 6.08 Å². The molecule has 0 aromatic heterocycles. The Morgan fingerprint density at radius 2 is 2.21 bits per heavy atom. The number of rotatable bonds is 3. The van der Waals surface area contributed by atoms with Crippen LogP contribution in [0.15, 0.2) is 34.8 Å². The highest BCUT2D eigenvalue weighted by molar-refractivity contribution is 9.10. The van der Waals surface area contributed by atoms with Crippen molar-refractivity contribution in [2.75, 3.05) is 7.11 Å². The van der Waals surface area contributed by atoms with E-state index in [9.17, 15) is 4.79 Å². The second-order valence-electron chi connectivity index (χ2n) is 2.71. The SMILES string of the molecule is C/C=C/C(=O)c1ccc(Br)c(OC)c1. The van der Waals surface area contributed by atoms with Gasteiger partial charge in [0.1, 0.15) is 5.75 Å². The number of hydrogen-bond acceptors (Lipinski definition) is 2. The number of carbonyl (C=O) groups is 1. The van der Waals surface area contributed by atoms with E-state index in [1.165, 1.54) is 6.08 Å². The number of benzene rings is 1. The van der Waals surface area contributed by atoms with Crippen molar-refractivity contribution in [2.24, 2.45) is 0 Å². The number of ketones is 1. The van der Waals surface area contributed by atoms with Gasteiger partial charge < -0.3 is 4.74 Å². The molecule has 0 N–H and O–H groups in total. The highest BCUT2D eigenvalue weighted by Crippen LogP contribution is 2.25. The molecule has 0 fully saturated rings. The van der Waals surface area contributed by atoms with Crippen molar-refractivity contribution < 1.29 is 9.53 Å². The van der Waals surface area contributed by atoms with E-state index >= 15 is 0 Å². The van der Waals surface area contributed by atoms with E-state index in [0.29, 0.717) is 11.3 Å². The minimum absolute atomic E-state index is 0.0155. The van der Waals surface area contributed by atoms with Crippen LogP contribution in [-0.2, 0) is 0 Å². The molecule has 0 bridgehead atoms. The van der Waals surface area contributed by atoms with Crippen LogP contribution in [0.25, 0.3) is 0 Å². The summed E-state index contributed by atoms with van der Waals surface area (Å²) in [4.78, 5) is 11.5. The first-order valence-corrected chi connectivity index (χ1v) is 4.99. The number of halogens is 1. The molecule has 1 aromatic rings. The summed E-state index contributed by atoms with van der Waals surface area (Å²) < 4.78 is 5.94. The largest absolute Gasteiger partial charge is 0.496 e. The highest BCUT2D eigenvalue weighted by atomic mass is 79.9. The van der Waals surface area contributed by atoms with E-state index in [0.717, 1.165) is 4.47 Å². The lowest BCUT2D eigenvalue weighted by Gasteiger charge is -2.04. The molecule has 0 saturated carbocycles. The molecule has 0 unspecified atom stereocenters. The van der Waals surface area contributed by atoms with Crippen LogP contribution in [-0.4, -0.2) is 12.9 Å². The number of methoxy groups -OCH3 is 1. The van der Waals surface area contributed by atoms with Crippen LogP contribution in [0.1, 0.15) is 17.3 Å². The van der Waals surface area contributed by atoms with Gasteiger partial charge in [-0.3, -0.25) is 4.79 Å². The predicted molar refractivity (Wildman–Crippen MR) is 59.8 cm³/mol. The van der Waals surface area contributed by atoms with Crippen LogP contribution in [0, 0.1) is 0 Å². The standard InChI is InChI=1S/C11H11BrO2/c1-3-4-10(13)8-5-6-9(12)11(7-8)14-2/h3-7H,1-2H3/b4-3+. The minimum atomic E-state index is -0.0155. The molecule has 0 amide bonds. The third-order valence-corrected chi connectivity index (χ3v) is 2.41. The zero-order valence-electron chi connectivity index (χ0n) is 8.08. The summed E-state index contributed by atoms with van der Waals surface area (Å²) in [5.74, 6) is 0.652. The Kier molecular flexibility index (Phi) is 3.89. The maximum absolute atomic E-state index is 11.5. The fraction of sp³-hybridized carbons (Fsp3) is 0.182. The molecule has 1 rings (SSSR count). The molecule has 0 aliphatic heterocycles. The van der Waals surface area contributed by atoms with Crippen molar-refractivity contribution in [1.29, 1.82) is 0 Å². The van der Waals surface area contributed by atoms with Gasteiger partial charge in [0.2, 0.25) is 0 Å². The smallest absolute Gasteiger partial charge is 0.185 e. The third-order valence-electron chi connectivity index (χ3n) is 1.75. The van der Waals surface area contributed by atoms with Crippen molar-refractivity contribution in [2.45, 2.75) is 6.92 Å². The third kappa shape index (κ3) is 2.45. The Hall–Kier alpha value is -1.09. The monoisotopic (exact) mass is 254 g/mol. The van der Waals surface area contributed by atoms with Gasteiger partial charge in [0.15, 0.2) is 5.78 Å². The maximum Gasteiger partial charge on any atom is 0.185 e. The molecule has 0 aliphatic rings. The molecule has 2 nitrogen and oxygen atoms in total. The normalized spacial score (nSPS) is 10.5. The first-order chi connectivity index (χ1) is 6.69. The van der Waals surface area contributed by atoms with Gasteiger partial charge in [0.25, 0.3) is 0 Å². The Labute approximate surface area is 91.7 Å². The topological polar surface area (TPSA) is 26.3 Å². The van der Waals surface area contributed by atoms with Crippen molar-refractivity contribution >= 4 is 21.7 Å². The average molecular weight is 255 g/mol. The van der Waals surface area contributed by atoms with Gasteiger partial charge >= 0.3 is 0 Å². The number of hydrogen-bond donors (Lipinski definition) is 0. The zero-order valence-corrected chi connectivity index (χ0v) is 9.67. The van der Waals surface area contributed by atoms with Gasteiger partial charge in [0.05, 0.1) is 11.6 Å². The molecule has 3 heteroatoms. The summed E-state index contributed by atoms with van der Waals surface area (Å²) in [5, 5.41) is 0. The Bertz CT molecular complexity index is 370. The summed E-state index contributed by atoms with van der Waals surface area (Å²) >= 11 is 3.32. The molecule has 0 atom stereocenters. The lowest BCUT2D eigenvalue weighted by atomic mass is 10.1. The van der Waals surface area contributed by atoms with Crippen molar-refractivity contribution in [3.8, 4) is 5.75 Å². The fourth-order valence-electron chi connectivity index (χ4n) is 1.06. The molecule has 74 valence electrons. The second-order valence-corrected chi connectivity index (χ2v) is 3.57. The van der Waals surface area contributed by atoms with E-state index in [4.69, 9.17) is 4.74 Å². The molecule has 0 spiro atoms. The second kappa shape index (κ2) is 4.96. The minimum Gasteiger partial charge on any atom is -0.496 e. The molecule has 0 saturated heterocycles. The average Bonchev–Trinajstić information content (AvgIpc) is 2.19. The van der Waals surface area contributed by atoms with Crippen LogP contribution in [0.4, 0.5) is 0 Å². The van der Waals surface area contributed by atoms with Gasteiger partial charge in [-0.05, 0) is 47.1 Å². The molecule has 0 aliphatic carbocycles. The van der Waals surface area contributed by atoms with Crippen molar-refractivity contribution in [3.05, 3.63) is 40.4 Å². The maximum atomic E-state index is 11.5. The molecular weight excluding hydrogens is 244 g/mol. The first kappa shape index (κ1) is 11.0. The van der Waals surface area contributed by atoms with Crippen LogP contribution < -0.4 is 4.74 Å².